The van der Waals surface area contributed by atoms with Crippen LogP contribution in [-0.2, 0) is 0 Å². The van der Waals surface area contributed by atoms with E-state index >= 15 is 0 Å². The first kappa shape index (κ1) is 16.9. The molecule has 0 amide bonds. The largest absolute Gasteiger partial charge is 0.508 e. The molecule has 0 aliphatic carbocycles. The number of phenolic OH excluding ortho intramolecular Hbond substituents is 1. The van der Waals surface area contributed by atoms with Crippen molar-refractivity contribution < 1.29 is 23.0 Å². The Morgan fingerprint density at radius 2 is 2.00 bits per heavy atom. The van der Waals surface area contributed by atoms with Gasteiger partial charge in [0.1, 0.15) is 11.5 Å². The Morgan fingerprint density at radius 1 is 1.32 bits per heavy atom. The molecule has 2 rings (SSSR count). The number of phenols is 1. The Balaban J connectivity index is 2.25. The number of halogens is 3. The molecular formula is C15H21F3N2O2. The van der Waals surface area contributed by atoms with Crippen LogP contribution in [0.4, 0.5) is 13.2 Å². The Morgan fingerprint density at radius 3 is 2.59 bits per heavy atom. The van der Waals surface area contributed by atoms with Crippen molar-refractivity contribution in [1.29, 1.82) is 0 Å². The van der Waals surface area contributed by atoms with E-state index in [1.54, 1.807) is 12.1 Å². The van der Waals surface area contributed by atoms with Crippen molar-refractivity contribution in [2.75, 3.05) is 33.3 Å². The second-order valence-corrected chi connectivity index (χ2v) is 5.38. The van der Waals surface area contributed by atoms with Crippen LogP contribution in [-0.4, -0.2) is 49.5 Å². The molecule has 0 spiro atoms. The van der Waals surface area contributed by atoms with E-state index in [-0.39, 0.29) is 12.2 Å². The number of aromatic hydroxyl groups is 1. The summed E-state index contributed by atoms with van der Waals surface area (Å²) >= 11 is 0. The molecule has 2 N–H and O–H groups in total. The zero-order chi connectivity index (χ0) is 16.2. The summed E-state index contributed by atoms with van der Waals surface area (Å²) in [5.74, 6) is 0.534. The number of benzene rings is 1. The molecule has 1 saturated heterocycles. The van der Waals surface area contributed by atoms with Gasteiger partial charge in [0, 0.05) is 44.2 Å². The van der Waals surface area contributed by atoms with Crippen molar-refractivity contribution in [3.63, 3.8) is 0 Å². The second-order valence-electron chi connectivity index (χ2n) is 5.38. The average Bonchev–Trinajstić information content (AvgIpc) is 2.49. The minimum atomic E-state index is -4.21. The molecule has 1 atom stereocenters. The summed E-state index contributed by atoms with van der Waals surface area (Å²) in [7, 11) is 1.49. The van der Waals surface area contributed by atoms with Crippen LogP contribution in [0.1, 0.15) is 24.4 Å². The molecule has 1 aromatic carbocycles. The third-order valence-corrected chi connectivity index (χ3v) is 3.89. The van der Waals surface area contributed by atoms with Gasteiger partial charge in [-0.3, -0.25) is 4.90 Å². The van der Waals surface area contributed by atoms with Gasteiger partial charge in [-0.15, -0.1) is 0 Å². The van der Waals surface area contributed by atoms with E-state index in [4.69, 9.17) is 4.74 Å². The van der Waals surface area contributed by atoms with Crippen LogP contribution in [0.5, 0.6) is 11.5 Å². The molecular weight excluding hydrogens is 297 g/mol. The lowest BCUT2D eigenvalue weighted by atomic mass is 9.98. The summed E-state index contributed by atoms with van der Waals surface area (Å²) in [6.45, 7) is 2.76. The van der Waals surface area contributed by atoms with Crippen LogP contribution < -0.4 is 10.1 Å². The fraction of sp³-hybridized carbons (Fsp3) is 0.600. The van der Waals surface area contributed by atoms with Gasteiger partial charge in [0.05, 0.1) is 7.11 Å². The molecule has 1 aromatic rings. The van der Waals surface area contributed by atoms with E-state index in [9.17, 15) is 18.3 Å². The summed E-state index contributed by atoms with van der Waals surface area (Å²) in [6, 6.07) is 4.21. The van der Waals surface area contributed by atoms with Crippen LogP contribution in [0.3, 0.4) is 0 Å². The number of piperazine rings is 1. The van der Waals surface area contributed by atoms with Gasteiger partial charge in [-0.05, 0) is 24.6 Å². The van der Waals surface area contributed by atoms with Crippen LogP contribution in [0, 0.1) is 0 Å². The average molecular weight is 318 g/mol. The molecule has 1 aliphatic rings. The van der Waals surface area contributed by atoms with Crippen molar-refractivity contribution in [3.8, 4) is 11.5 Å². The highest BCUT2D eigenvalue weighted by molar-refractivity contribution is 5.41. The molecule has 0 saturated carbocycles. The van der Waals surface area contributed by atoms with Gasteiger partial charge in [-0.1, -0.05) is 0 Å². The number of rotatable bonds is 5. The Hall–Kier alpha value is -1.47. The zero-order valence-corrected chi connectivity index (χ0v) is 12.5. The highest BCUT2D eigenvalue weighted by Crippen LogP contribution is 2.37. The molecule has 124 valence electrons. The molecule has 7 heteroatoms. The summed E-state index contributed by atoms with van der Waals surface area (Å²) in [5.41, 5.74) is 0.491. The van der Waals surface area contributed by atoms with Crippen LogP contribution in [0.25, 0.3) is 0 Å². The van der Waals surface area contributed by atoms with Crippen molar-refractivity contribution in [3.05, 3.63) is 23.8 Å². The molecule has 0 bridgehead atoms. The standard InChI is InChI=1S/C15H21F3N2O2/c1-22-11-2-3-14(21)12(10-11)13(4-5-15(16,17)18)20-8-6-19-7-9-20/h2-3,10,13,19,21H,4-9H2,1H3/t13-/m1/s1. The quantitative estimate of drug-likeness (QED) is 0.876. The first-order chi connectivity index (χ1) is 10.4. The normalized spacial score (nSPS) is 18.2. The van der Waals surface area contributed by atoms with Crippen LogP contribution in [0.2, 0.25) is 0 Å². The van der Waals surface area contributed by atoms with Gasteiger partial charge < -0.3 is 15.2 Å². The molecule has 4 nitrogen and oxygen atoms in total. The number of methoxy groups -OCH3 is 1. The first-order valence-electron chi connectivity index (χ1n) is 7.29. The minimum absolute atomic E-state index is 0.00603. The number of hydrogen-bond donors (Lipinski definition) is 2. The lowest BCUT2D eigenvalue weighted by molar-refractivity contribution is -0.138. The highest BCUT2D eigenvalue weighted by atomic mass is 19.4. The molecule has 1 aliphatic heterocycles. The minimum Gasteiger partial charge on any atom is -0.508 e. The molecule has 1 fully saturated rings. The molecule has 1 heterocycles. The Bertz CT molecular complexity index is 488. The highest BCUT2D eigenvalue weighted by Gasteiger charge is 2.32. The van der Waals surface area contributed by atoms with E-state index in [1.807, 2.05) is 4.90 Å². The van der Waals surface area contributed by atoms with E-state index in [1.165, 1.54) is 13.2 Å². The fourth-order valence-corrected chi connectivity index (χ4v) is 2.76. The maximum atomic E-state index is 12.6. The summed E-state index contributed by atoms with van der Waals surface area (Å²) in [5, 5.41) is 13.3. The van der Waals surface area contributed by atoms with Gasteiger partial charge in [-0.25, -0.2) is 0 Å². The molecule has 0 aromatic heterocycles. The fourth-order valence-electron chi connectivity index (χ4n) is 2.76. The Labute approximate surface area is 127 Å². The summed E-state index contributed by atoms with van der Waals surface area (Å²) in [4.78, 5) is 1.98. The number of ether oxygens (including phenoxy) is 1. The van der Waals surface area contributed by atoms with Gasteiger partial charge in [0.25, 0.3) is 0 Å². The predicted molar refractivity (Wildman–Crippen MR) is 77.1 cm³/mol. The van der Waals surface area contributed by atoms with E-state index in [0.717, 1.165) is 13.1 Å². The topological polar surface area (TPSA) is 44.7 Å². The second kappa shape index (κ2) is 7.19. The van der Waals surface area contributed by atoms with E-state index < -0.39 is 18.6 Å². The SMILES string of the molecule is COc1ccc(O)c([C@@H](CCC(F)(F)F)N2CCNCC2)c1. The number of hydrogen-bond acceptors (Lipinski definition) is 4. The Kier molecular flexibility index (Phi) is 5.52. The molecule has 0 unspecified atom stereocenters. The smallest absolute Gasteiger partial charge is 0.389 e. The predicted octanol–water partition coefficient (Wildman–Crippen LogP) is 2.69. The van der Waals surface area contributed by atoms with E-state index in [0.29, 0.717) is 24.4 Å². The third kappa shape index (κ3) is 4.51. The first-order valence-corrected chi connectivity index (χ1v) is 7.29. The zero-order valence-electron chi connectivity index (χ0n) is 12.5. The number of nitrogens with zero attached hydrogens (tertiary/aromatic N) is 1. The maximum absolute atomic E-state index is 12.6. The van der Waals surface area contributed by atoms with Crippen LogP contribution in [0.15, 0.2) is 18.2 Å². The van der Waals surface area contributed by atoms with Gasteiger partial charge in [0.2, 0.25) is 0 Å². The summed E-state index contributed by atoms with van der Waals surface area (Å²) < 4.78 is 43.0. The monoisotopic (exact) mass is 318 g/mol. The lowest BCUT2D eigenvalue weighted by Gasteiger charge is -2.35. The number of nitrogens with one attached hydrogen (secondary N) is 1. The van der Waals surface area contributed by atoms with Crippen molar-refractivity contribution >= 4 is 0 Å². The van der Waals surface area contributed by atoms with Crippen molar-refractivity contribution in [2.45, 2.75) is 25.1 Å². The molecule has 22 heavy (non-hydrogen) atoms. The maximum Gasteiger partial charge on any atom is 0.389 e. The van der Waals surface area contributed by atoms with Crippen LogP contribution >= 0.6 is 0 Å². The summed E-state index contributed by atoms with van der Waals surface area (Å²) in [6.07, 6.45) is -5.16. The third-order valence-electron chi connectivity index (χ3n) is 3.89. The number of alkyl halides is 3. The van der Waals surface area contributed by atoms with Gasteiger partial charge >= 0.3 is 6.18 Å². The van der Waals surface area contributed by atoms with Crippen molar-refractivity contribution in [2.24, 2.45) is 0 Å². The van der Waals surface area contributed by atoms with Gasteiger partial charge in [0.15, 0.2) is 0 Å². The van der Waals surface area contributed by atoms with E-state index in [2.05, 4.69) is 5.32 Å². The van der Waals surface area contributed by atoms with Crippen molar-refractivity contribution in [1.82, 2.24) is 10.2 Å². The lowest BCUT2D eigenvalue weighted by Crippen LogP contribution is -2.45. The molecule has 0 radical (unpaired) electrons. The van der Waals surface area contributed by atoms with Gasteiger partial charge in [-0.2, -0.15) is 13.2 Å².